The van der Waals surface area contributed by atoms with Crippen molar-refractivity contribution in [2.75, 3.05) is 26.7 Å². The first-order chi connectivity index (χ1) is 19.5. The van der Waals surface area contributed by atoms with Crippen molar-refractivity contribution in [2.24, 2.45) is 5.92 Å². The predicted molar refractivity (Wildman–Crippen MR) is 155 cm³/mol. The summed E-state index contributed by atoms with van der Waals surface area (Å²) in [6, 6.07) is 11.1. The Balaban J connectivity index is 1.18. The third kappa shape index (κ3) is 6.61. The van der Waals surface area contributed by atoms with Crippen LogP contribution in [0, 0.1) is 5.92 Å². The summed E-state index contributed by atoms with van der Waals surface area (Å²) in [6.07, 6.45) is 11.8. The topological polar surface area (TPSA) is 87.2 Å². The largest absolute Gasteiger partial charge is 0.497 e. The smallest absolute Gasteiger partial charge is 0.240 e. The molecule has 218 valence electrons. The van der Waals surface area contributed by atoms with Crippen LogP contribution in [0.1, 0.15) is 76.7 Å². The molecule has 2 aromatic rings. The number of nitrogens with one attached hydrogen (secondary N) is 1. The molecular formula is C32H46N4O4. The van der Waals surface area contributed by atoms with Crippen molar-refractivity contribution in [1.29, 1.82) is 0 Å². The van der Waals surface area contributed by atoms with E-state index in [-0.39, 0.29) is 11.9 Å². The van der Waals surface area contributed by atoms with E-state index in [0.29, 0.717) is 17.5 Å². The minimum Gasteiger partial charge on any atom is -0.497 e. The third-order valence-electron chi connectivity index (χ3n) is 9.21. The number of aliphatic hydroxyl groups is 1. The second-order valence-electron chi connectivity index (χ2n) is 11.9. The lowest BCUT2D eigenvalue weighted by molar-refractivity contribution is -0.168. The van der Waals surface area contributed by atoms with E-state index in [1.54, 1.807) is 7.11 Å². The predicted octanol–water partition coefficient (Wildman–Crippen LogP) is 5.11. The van der Waals surface area contributed by atoms with Gasteiger partial charge in [0.1, 0.15) is 17.7 Å². The molecule has 1 aliphatic carbocycles. The van der Waals surface area contributed by atoms with Crippen LogP contribution in [0.2, 0.25) is 0 Å². The van der Waals surface area contributed by atoms with Gasteiger partial charge in [0.15, 0.2) is 0 Å². The van der Waals surface area contributed by atoms with Gasteiger partial charge in [-0.1, -0.05) is 51.5 Å². The van der Waals surface area contributed by atoms with E-state index in [2.05, 4.69) is 33.1 Å². The summed E-state index contributed by atoms with van der Waals surface area (Å²) in [5, 5.41) is 14.9. The second-order valence-corrected chi connectivity index (χ2v) is 11.9. The number of pyridine rings is 1. The van der Waals surface area contributed by atoms with Gasteiger partial charge in [-0.05, 0) is 61.4 Å². The molecule has 1 aromatic carbocycles. The molecule has 3 heterocycles. The number of carbonyl (C=O) groups excluding carboxylic acids is 1. The van der Waals surface area contributed by atoms with E-state index in [0.717, 1.165) is 69.6 Å². The number of ether oxygens (including phenoxy) is 2. The van der Waals surface area contributed by atoms with Gasteiger partial charge in [-0.15, -0.1) is 0 Å². The minimum atomic E-state index is -0.686. The monoisotopic (exact) mass is 550 g/mol. The number of piperidine rings is 1. The Hall–Kier alpha value is -2.68. The molecule has 8 nitrogen and oxygen atoms in total. The molecule has 2 saturated heterocycles. The van der Waals surface area contributed by atoms with Crippen LogP contribution in [0.3, 0.4) is 0 Å². The molecule has 1 spiro atoms. The molecule has 0 radical (unpaired) electrons. The van der Waals surface area contributed by atoms with Crippen LogP contribution in [0.4, 0.5) is 0 Å². The molecule has 3 aliphatic rings. The van der Waals surface area contributed by atoms with Gasteiger partial charge >= 0.3 is 0 Å². The van der Waals surface area contributed by atoms with Gasteiger partial charge in [-0.25, -0.2) is 4.98 Å². The number of piperazine rings is 1. The van der Waals surface area contributed by atoms with E-state index in [1.165, 1.54) is 32.1 Å². The Kier molecular flexibility index (Phi) is 9.60. The van der Waals surface area contributed by atoms with Gasteiger partial charge < -0.3 is 19.5 Å². The maximum Gasteiger partial charge on any atom is 0.240 e. The van der Waals surface area contributed by atoms with E-state index in [9.17, 15) is 9.90 Å². The molecule has 40 heavy (non-hydrogen) atoms. The van der Waals surface area contributed by atoms with Crippen LogP contribution in [0.15, 0.2) is 42.6 Å². The quantitative estimate of drug-likeness (QED) is 0.425. The van der Waals surface area contributed by atoms with E-state index >= 15 is 0 Å². The van der Waals surface area contributed by atoms with Crippen molar-refractivity contribution in [3.8, 4) is 17.4 Å². The molecule has 1 aromatic heterocycles. The van der Waals surface area contributed by atoms with Gasteiger partial charge in [-0.3, -0.25) is 15.0 Å². The normalized spacial score (nSPS) is 23.9. The molecule has 2 atom stereocenters. The number of hydrogen-bond acceptors (Lipinski definition) is 7. The summed E-state index contributed by atoms with van der Waals surface area (Å²) in [7, 11) is 1.64. The first-order valence-corrected chi connectivity index (χ1v) is 15.3. The number of nitrogens with zero attached hydrogens (tertiary/aromatic N) is 3. The zero-order chi connectivity index (χ0) is 28.0. The third-order valence-corrected chi connectivity index (χ3v) is 9.21. The molecular weight excluding hydrogens is 504 g/mol. The number of unbranched alkanes of at least 4 members (excludes halogenated alkanes) is 1. The fraction of sp³-hybridized carbons (Fsp3) is 0.625. The fourth-order valence-electron chi connectivity index (χ4n) is 6.78. The molecule has 3 fully saturated rings. The highest BCUT2D eigenvalue weighted by atomic mass is 16.5. The van der Waals surface area contributed by atoms with Crippen molar-refractivity contribution in [2.45, 2.75) is 95.5 Å². The molecule has 2 N–H and O–H groups in total. The Bertz CT molecular complexity index is 1080. The van der Waals surface area contributed by atoms with Gasteiger partial charge in [0.05, 0.1) is 18.7 Å². The maximum atomic E-state index is 13.8. The number of aromatic nitrogens is 1. The average molecular weight is 551 g/mol. The zero-order valence-electron chi connectivity index (χ0n) is 24.2. The van der Waals surface area contributed by atoms with E-state index in [1.807, 2.05) is 36.5 Å². The number of rotatable bonds is 10. The van der Waals surface area contributed by atoms with Crippen LogP contribution < -0.4 is 14.8 Å². The van der Waals surface area contributed by atoms with Crippen molar-refractivity contribution >= 4 is 5.91 Å². The van der Waals surface area contributed by atoms with E-state index < -0.39 is 11.8 Å². The number of amides is 1. The Morgan fingerprint density at radius 3 is 2.42 bits per heavy atom. The van der Waals surface area contributed by atoms with Crippen LogP contribution in [-0.4, -0.2) is 70.4 Å². The van der Waals surface area contributed by atoms with E-state index in [4.69, 9.17) is 9.47 Å². The zero-order valence-corrected chi connectivity index (χ0v) is 24.2. The Labute approximate surface area is 239 Å². The van der Waals surface area contributed by atoms with Crippen molar-refractivity contribution in [1.82, 2.24) is 20.1 Å². The number of likely N-dealkylation sites (tertiary alicyclic amines) is 1. The second kappa shape index (κ2) is 13.3. The van der Waals surface area contributed by atoms with Crippen molar-refractivity contribution in [3.05, 3.63) is 48.2 Å². The summed E-state index contributed by atoms with van der Waals surface area (Å²) >= 11 is 0. The fourth-order valence-corrected chi connectivity index (χ4v) is 6.78. The maximum absolute atomic E-state index is 13.8. The molecule has 8 heteroatoms. The first-order valence-electron chi connectivity index (χ1n) is 15.3. The van der Waals surface area contributed by atoms with Crippen LogP contribution in [0.5, 0.6) is 17.4 Å². The molecule has 5 rings (SSSR count). The van der Waals surface area contributed by atoms with Crippen LogP contribution in [0.25, 0.3) is 0 Å². The highest BCUT2D eigenvalue weighted by Crippen LogP contribution is 2.38. The highest BCUT2D eigenvalue weighted by Gasteiger charge is 2.53. The lowest BCUT2D eigenvalue weighted by Crippen LogP contribution is -2.74. The molecule has 1 amide bonds. The molecule has 1 saturated carbocycles. The average Bonchev–Trinajstić information content (AvgIpc) is 2.99. The summed E-state index contributed by atoms with van der Waals surface area (Å²) in [6.45, 7) is 5.33. The lowest BCUT2D eigenvalue weighted by atomic mass is 9.78. The molecule has 0 bridgehead atoms. The molecule has 2 aliphatic heterocycles. The standard InChI is InChI=1S/C32H46N4O4/c1-3-4-18-36-30(37)28(21-24-8-6-5-7-9-24)34-31(38)32(36)16-19-35(20-17-32)23-25-10-15-29(33-22-25)40-27-13-11-26(39-2)12-14-27/h10-15,22,24,28,31,34,38H,3-9,16-21,23H2,1-2H3/t28-,31-/m0/s1. The van der Waals surface area contributed by atoms with Crippen LogP contribution in [-0.2, 0) is 11.3 Å². The number of carbonyl (C=O) groups is 1. The Morgan fingerprint density at radius 1 is 1.05 bits per heavy atom. The van der Waals surface area contributed by atoms with Gasteiger partial charge in [0.2, 0.25) is 11.8 Å². The minimum absolute atomic E-state index is 0.203. The number of benzene rings is 1. The first kappa shape index (κ1) is 28.8. The van der Waals surface area contributed by atoms with Crippen molar-refractivity contribution < 1.29 is 19.4 Å². The van der Waals surface area contributed by atoms with Crippen LogP contribution >= 0.6 is 0 Å². The van der Waals surface area contributed by atoms with Gasteiger partial charge in [0.25, 0.3) is 0 Å². The summed E-state index contributed by atoms with van der Waals surface area (Å²) in [4.78, 5) is 22.8. The summed E-state index contributed by atoms with van der Waals surface area (Å²) < 4.78 is 11.1. The summed E-state index contributed by atoms with van der Waals surface area (Å²) in [5.41, 5.74) is 0.590. The number of aliphatic hydroxyl groups excluding tert-OH is 1. The van der Waals surface area contributed by atoms with Gasteiger partial charge in [-0.2, -0.15) is 0 Å². The van der Waals surface area contributed by atoms with Crippen molar-refractivity contribution in [3.63, 3.8) is 0 Å². The Morgan fingerprint density at radius 2 is 1.77 bits per heavy atom. The number of methoxy groups -OCH3 is 1. The summed E-state index contributed by atoms with van der Waals surface area (Å²) in [5.74, 6) is 2.84. The lowest BCUT2D eigenvalue weighted by Gasteiger charge is -2.56. The van der Waals surface area contributed by atoms with Gasteiger partial charge in [0, 0.05) is 38.4 Å². The number of hydrogen-bond donors (Lipinski definition) is 2. The molecule has 0 unspecified atom stereocenters. The SMILES string of the molecule is CCCCN1C(=O)[C@H](CC2CCCCC2)N[C@@H](O)C12CCN(Cc1ccc(Oc3ccc(OC)cc3)nc1)CC2. The highest BCUT2D eigenvalue weighted by molar-refractivity contribution is 5.84.